The fourth-order valence-corrected chi connectivity index (χ4v) is 4.09. The molecule has 9 heteroatoms. The van der Waals surface area contributed by atoms with Gasteiger partial charge in [-0.1, -0.05) is 12.1 Å². The van der Waals surface area contributed by atoms with E-state index in [-0.39, 0.29) is 11.4 Å². The average molecular weight is 413 g/mol. The summed E-state index contributed by atoms with van der Waals surface area (Å²) >= 11 is 0. The van der Waals surface area contributed by atoms with E-state index in [1.165, 1.54) is 7.11 Å². The van der Waals surface area contributed by atoms with Gasteiger partial charge in [0.05, 0.1) is 24.7 Å². The number of hydrogen-bond acceptors (Lipinski definition) is 5. The summed E-state index contributed by atoms with van der Waals surface area (Å²) < 4.78 is 37.6. The number of guanidine groups is 1. The van der Waals surface area contributed by atoms with Crippen LogP contribution in [-0.2, 0) is 26.0 Å². The number of methoxy groups -OCH3 is 1. The largest absolute Gasteiger partial charge is 0.383 e. The van der Waals surface area contributed by atoms with Crippen LogP contribution in [0.15, 0.2) is 34.2 Å². The summed E-state index contributed by atoms with van der Waals surface area (Å²) in [7, 11) is -0.00664. The quantitative estimate of drug-likeness (QED) is 0.339. The molecule has 0 aliphatic carbocycles. The average Bonchev–Trinajstić information content (AvgIpc) is 3.18. The van der Waals surface area contributed by atoms with Crippen molar-refractivity contribution in [3.05, 3.63) is 29.8 Å². The SMILES string of the molecule is CCNC(=NCc1cccc(S(=O)(=O)NCCOC)c1)N(C)CC1CCOC1. The van der Waals surface area contributed by atoms with Crippen LogP contribution in [0.3, 0.4) is 0 Å². The number of nitrogens with one attached hydrogen (secondary N) is 2. The van der Waals surface area contributed by atoms with Crippen molar-refractivity contribution in [1.29, 1.82) is 0 Å². The lowest BCUT2D eigenvalue weighted by atomic mass is 10.1. The first-order chi connectivity index (χ1) is 13.5. The molecule has 1 atom stereocenters. The zero-order valence-electron chi connectivity index (χ0n) is 17.0. The van der Waals surface area contributed by atoms with E-state index in [0.29, 0.717) is 19.1 Å². The minimum Gasteiger partial charge on any atom is -0.383 e. The van der Waals surface area contributed by atoms with Crippen LogP contribution in [0.1, 0.15) is 18.9 Å². The van der Waals surface area contributed by atoms with E-state index in [4.69, 9.17) is 9.47 Å². The second kappa shape index (κ2) is 11.4. The van der Waals surface area contributed by atoms with Gasteiger partial charge in [-0.05, 0) is 31.0 Å². The molecule has 2 N–H and O–H groups in total. The summed E-state index contributed by atoms with van der Waals surface area (Å²) in [5.74, 6) is 1.32. The highest BCUT2D eigenvalue weighted by molar-refractivity contribution is 7.89. The van der Waals surface area contributed by atoms with Gasteiger partial charge in [0.25, 0.3) is 0 Å². The molecule has 2 rings (SSSR count). The van der Waals surface area contributed by atoms with E-state index < -0.39 is 10.0 Å². The van der Waals surface area contributed by atoms with E-state index in [0.717, 1.165) is 44.2 Å². The Morgan fingerprint density at radius 3 is 2.93 bits per heavy atom. The molecule has 0 bridgehead atoms. The van der Waals surface area contributed by atoms with Crippen LogP contribution in [0.25, 0.3) is 0 Å². The summed E-state index contributed by atoms with van der Waals surface area (Å²) in [5.41, 5.74) is 0.836. The first-order valence-electron chi connectivity index (χ1n) is 9.61. The van der Waals surface area contributed by atoms with Crippen LogP contribution in [0.2, 0.25) is 0 Å². The Bertz CT molecular complexity index is 733. The summed E-state index contributed by atoms with van der Waals surface area (Å²) in [4.78, 5) is 7.02. The molecule has 0 aromatic heterocycles. The molecule has 1 aliphatic rings. The van der Waals surface area contributed by atoms with E-state index in [2.05, 4.69) is 19.9 Å². The van der Waals surface area contributed by atoms with Gasteiger partial charge in [0.15, 0.2) is 5.96 Å². The first kappa shape index (κ1) is 22.6. The molecule has 0 spiro atoms. The van der Waals surface area contributed by atoms with Crippen molar-refractivity contribution in [3.8, 4) is 0 Å². The number of sulfonamides is 1. The third-order valence-corrected chi connectivity index (χ3v) is 5.93. The maximum absolute atomic E-state index is 12.4. The summed E-state index contributed by atoms with van der Waals surface area (Å²) in [6.07, 6.45) is 1.07. The molecule has 0 saturated carbocycles. The molecule has 28 heavy (non-hydrogen) atoms. The van der Waals surface area contributed by atoms with Crippen molar-refractivity contribution in [3.63, 3.8) is 0 Å². The molecule has 1 unspecified atom stereocenters. The minimum atomic E-state index is -3.55. The van der Waals surface area contributed by atoms with E-state index in [9.17, 15) is 8.42 Å². The second-order valence-electron chi connectivity index (χ2n) is 6.82. The third kappa shape index (κ3) is 7.05. The molecule has 0 amide bonds. The number of rotatable bonds is 10. The van der Waals surface area contributed by atoms with Gasteiger partial charge in [-0.25, -0.2) is 18.1 Å². The van der Waals surface area contributed by atoms with E-state index in [1.807, 2.05) is 20.0 Å². The van der Waals surface area contributed by atoms with E-state index in [1.54, 1.807) is 18.2 Å². The lowest BCUT2D eigenvalue weighted by molar-refractivity contribution is 0.181. The number of aliphatic imine (C=N–C) groups is 1. The minimum absolute atomic E-state index is 0.234. The van der Waals surface area contributed by atoms with Gasteiger partial charge in [-0.15, -0.1) is 0 Å². The molecule has 158 valence electrons. The standard InChI is InChI=1S/C19H32N4O4S/c1-4-20-19(23(2)14-17-8-10-27-15-17)21-13-16-6-5-7-18(12-16)28(24,25)22-9-11-26-3/h5-7,12,17,22H,4,8-11,13-15H2,1-3H3,(H,20,21). The monoisotopic (exact) mass is 412 g/mol. The van der Waals surface area contributed by atoms with Gasteiger partial charge < -0.3 is 19.7 Å². The second-order valence-corrected chi connectivity index (χ2v) is 8.59. The number of benzene rings is 1. The van der Waals surface area contributed by atoms with Gasteiger partial charge in [-0.3, -0.25) is 0 Å². The highest BCUT2D eigenvalue weighted by Crippen LogP contribution is 2.14. The normalized spacial score (nSPS) is 17.7. The van der Waals surface area contributed by atoms with Crippen LogP contribution >= 0.6 is 0 Å². The molecule has 1 heterocycles. The molecular weight excluding hydrogens is 380 g/mol. The zero-order chi connectivity index (χ0) is 20.4. The Labute approximate surface area is 168 Å². The number of hydrogen-bond donors (Lipinski definition) is 2. The maximum Gasteiger partial charge on any atom is 0.240 e. The van der Waals surface area contributed by atoms with Gasteiger partial charge in [0.2, 0.25) is 10.0 Å². The van der Waals surface area contributed by atoms with Crippen LogP contribution in [0.5, 0.6) is 0 Å². The Kier molecular flexibility index (Phi) is 9.17. The molecule has 1 aromatic rings. The molecule has 0 radical (unpaired) electrons. The van der Waals surface area contributed by atoms with Gasteiger partial charge >= 0.3 is 0 Å². The molecule has 8 nitrogen and oxygen atoms in total. The predicted molar refractivity (Wildman–Crippen MR) is 110 cm³/mol. The molecule has 1 saturated heterocycles. The van der Waals surface area contributed by atoms with Gasteiger partial charge in [0.1, 0.15) is 0 Å². The molecule has 1 aliphatic heterocycles. The Morgan fingerprint density at radius 1 is 1.43 bits per heavy atom. The van der Waals surface area contributed by atoms with Crippen molar-refractivity contribution in [2.75, 3.05) is 53.6 Å². The smallest absolute Gasteiger partial charge is 0.240 e. The first-order valence-corrected chi connectivity index (χ1v) is 11.1. The Balaban J connectivity index is 2.05. The van der Waals surface area contributed by atoms with Crippen LogP contribution in [0.4, 0.5) is 0 Å². The fraction of sp³-hybridized carbons (Fsp3) is 0.632. The third-order valence-electron chi connectivity index (χ3n) is 4.47. The summed E-state index contributed by atoms with van der Waals surface area (Å²) in [6, 6.07) is 6.86. The summed E-state index contributed by atoms with van der Waals surface area (Å²) in [6.45, 7) is 6.25. The van der Waals surface area contributed by atoms with Gasteiger partial charge in [-0.2, -0.15) is 0 Å². The zero-order valence-corrected chi connectivity index (χ0v) is 17.8. The molecular formula is C19H32N4O4S. The number of ether oxygens (including phenoxy) is 2. The van der Waals surface area contributed by atoms with Crippen molar-refractivity contribution in [1.82, 2.24) is 14.9 Å². The lowest BCUT2D eigenvalue weighted by Gasteiger charge is -2.24. The predicted octanol–water partition coefficient (Wildman–Crippen LogP) is 1.05. The van der Waals surface area contributed by atoms with Crippen molar-refractivity contribution in [2.24, 2.45) is 10.9 Å². The van der Waals surface area contributed by atoms with Crippen LogP contribution in [-0.4, -0.2) is 72.9 Å². The Morgan fingerprint density at radius 2 is 2.25 bits per heavy atom. The molecule has 1 aromatic carbocycles. The van der Waals surface area contributed by atoms with Crippen LogP contribution in [0, 0.1) is 5.92 Å². The van der Waals surface area contributed by atoms with Gasteiger partial charge in [0, 0.05) is 46.3 Å². The van der Waals surface area contributed by atoms with Crippen LogP contribution < -0.4 is 10.0 Å². The van der Waals surface area contributed by atoms with Crippen molar-refractivity contribution in [2.45, 2.75) is 24.8 Å². The van der Waals surface area contributed by atoms with Crippen molar-refractivity contribution >= 4 is 16.0 Å². The fourth-order valence-electron chi connectivity index (χ4n) is 3.01. The van der Waals surface area contributed by atoms with E-state index >= 15 is 0 Å². The highest BCUT2D eigenvalue weighted by atomic mass is 32.2. The van der Waals surface area contributed by atoms with Crippen molar-refractivity contribution < 1.29 is 17.9 Å². The Hall–Kier alpha value is -1.68. The maximum atomic E-state index is 12.4. The number of nitrogens with zero attached hydrogens (tertiary/aromatic N) is 2. The lowest BCUT2D eigenvalue weighted by Crippen LogP contribution is -2.41. The summed E-state index contributed by atoms with van der Waals surface area (Å²) in [5, 5.41) is 3.30. The topological polar surface area (TPSA) is 92.3 Å². The highest BCUT2D eigenvalue weighted by Gasteiger charge is 2.19. The molecule has 1 fully saturated rings.